The molecule has 0 unspecified atom stereocenters. The molecule has 0 bridgehead atoms. The summed E-state index contributed by atoms with van der Waals surface area (Å²) in [7, 11) is 0. The Morgan fingerprint density at radius 2 is 1.96 bits per heavy atom. The van der Waals surface area contributed by atoms with Crippen molar-refractivity contribution >= 4 is 28.3 Å². The number of anilines is 2. The standard InChI is InChI=1S/C16H20N6OS/c23-16(20-15-18-7-10-24-15)21-8-4-13(5-9-21)22(12-1-2-12)14-3-6-17-11-19-14/h3,6-7,10-13H,1-2,4-5,8-9H2,(H,18,20,23). The normalized spacial score (nSPS) is 18.4. The second kappa shape index (κ2) is 6.72. The highest BCUT2D eigenvalue weighted by molar-refractivity contribution is 7.13. The fourth-order valence-electron chi connectivity index (χ4n) is 3.26. The number of thiazole rings is 1. The Hall–Kier alpha value is -2.22. The van der Waals surface area contributed by atoms with Crippen LogP contribution in [0, 0.1) is 0 Å². The summed E-state index contributed by atoms with van der Waals surface area (Å²) in [5, 5.41) is 5.38. The van der Waals surface area contributed by atoms with Gasteiger partial charge in [-0.05, 0) is 31.7 Å². The molecule has 126 valence electrons. The molecule has 0 spiro atoms. The number of hydrogen-bond donors (Lipinski definition) is 1. The summed E-state index contributed by atoms with van der Waals surface area (Å²) in [5.41, 5.74) is 0. The van der Waals surface area contributed by atoms with E-state index in [0.29, 0.717) is 17.2 Å². The average Bonchev–Trinajstić information content (AvgIpc) is 3.32. The molecule has 0 atom stereocenters. The summed E-state index contributed by atoms with van der Waals surface area (Å²) in [6.45, 7) is 1.52. The zero-order valence-electron chi connectivity index (χ0n) is 13.3. The van der Waals surface area contributed by atoms with Crippen LogP contribution in [0.4, 0.5) is 15.7 Å². The van der Waals surface area contributed by atoms with Gasteiger partial charge < -0.3 is 9.80 Å². The van der Waals surface area contributed by atoms with E-state index in [2.05, 4.69) is 25.2 Å². The third-order valence-electron chi connectivity index (χ3n) is 4.56. The topological polar surface area (TPSA) is 74.2 Å². The van der Waals surface area contributed by atoms with E-state index in [1.165, 1.54) is 24.2 Å². The lowest BCUT2D eigenvalue weighted by molar-refractivity contribution is 0.193. The third kappa shape index (κ3) is 3.33. The lowest BCUT2D eigenvalue weighted by atomic mass is 10.0. The number of nitrogens with zero attached hydrogens (tertiary/aromatic N) is 5. The zero-order valence-corrected chi connectivity index (χ0v) is 14.2. The van der Waals surface area contributed by atoms with Crippen molar-refractivity contribution in [2.75, 3.05) is 23.3 Å². The first kappa shape index (κ1) is 15.3. The van der Waals surface area contributed by atoms with Crippen LogP contribution in [0.3, 0.4) is 0 Å². The van der Waals surface area contributed by atoms with Gasteiger partial charge in [-0.2, -0.15) is 0 Å². The van der Waals surface area contributed by atoms with Crippen molar-refractivity contribution in [2.45, 2.75) is 37.8 Å². The van der Waals surface area contributed by atoms with Gasteiger partial charge in [0.2, 0.25) is 0 Å². The monoisotopic (exact) mass is 344 g/mol. The Labute approximate surface area is 144 Å². The molecule has 2 aromatic rings. The molecule has 3 heterocycles. The van der Waals surface area contributed by atoms with E-state index in [-0.39, 0.29) is 6.03 Å². The van der Waals surface area contributed by atoms with E-state index in [9.17, 15) is 4.79 Å². The van der Waals surface area contributed by atoms with Crippen LogP contribution in [0.15, 0.2) is 30.2 Å². The third-order valence-corrected chi connectivity index (χ3v) is 5.25. The molecule has 1 aliphatic carbocycles. The summed E-state index contributed by atoms with van der Waals surface area (Å²) in [6, 6.07) is 2.97. The summed E-state index contributed by atoms with van der Waals surface area (Å²) < 4.78 is 0. The second-order valence-corrected chi connectivity index (χ2v) is 7.09. The quantitative estimate of drug-likeness (QED) is 0.923. The lowest BCUT2D eigenvalue weighted by Crippen LogP contribution is -2.49. The first-order chi connectivity index (χ1) is 11.8. The number of piperidine rings is 1. The molecule has 1 saturated carbocycles. The number of rotatable bonds is 4. The van der Waals surface area contributed by atoms with Gasteiger partial charge in [-0.1, -0.05) is 0 Å². The second-order valence-electron chi connectivity index (χ2n) is 6.19. The SMILES string of the molecule is O=C(Nc1nccs1)N1CCC(N(c2ccncn2)C2CC2)CC1. The van der Waals surface area contributed by atoms with Crippen molar-refractivity contribution in [3.8, 4) is 0 Å². The Bertz CT molecular complexity index is 667. The molecule has 0 radical (unpaired) electrons. The molecule has 1 aliphatic heterocycles. The molecular weight excluding hydrogens is 324 g/mol. The van der Waals surface area contributed by atoms with Crippen molar-refractivity contribution in [2.24, 2.45) is 0 Å². The molecule has 0 aromatic carbocycles. The molecule has 24 heavy (non-hydrogen) atoms. The summed E-state index contributed by atoms with van der Waals surface area (Å²) in [5.74, 6) is 1.01. The van der Waals surface area contributed by atoms with Crippen molar-refractivity contribution in [1.29, 1.82) is 0 Å². The highest BCUT2D eigenvalue weighted by Crippen LogP contribution is 2.35. The summed E-state index contributed by atoms with van der Waals surface area (Å²) in [4.78, 5) is 29.2. The van der Waals surface area contributed by atoms with Gasteiger partial charge in [0.1, 0.15) is 12.1 Å². The largest absolute Gasteiger partial charge is 0.350 e. The number of amides is 2. The fraction of sp³-hybridized carbons (Fsp3) is 0.500. The minimum absolute atomic E-state index is 0.0524. The number of carbonyl (C=O) groups is 1. The predicted molar refractivity (Wildman–Crippen MR) is 93.3 cm³/mol. The minimum atomic E-state index is -0.0524. The molecule has 2 aliphatic rings. The van der Waals surface area contributed by atoms with Gasteiger partial charge in [-0.15, -0.1) is 11.3 Å². The van der Waals surface area contributed by atoms with Gasteiger partial charge in [-0.25, -0.2) is 19.7 Å². The molecular formula is C16H20N6OS. The van der Waals surface area contributed by atoms with Crippen LogP contribution in [0.1, 0.15) is 25.7 Å². The highest BCUT2D eigenvalue weighted by Gasteiger charge is 2.37. The summed E-state index contributed by atoms with van der Waals surface area (Å²) >= 11 is 1.44. The molecule has 7 nitrogen and oxygen atoms in total. The first-order valence-electron chi connectivity index (χ1n) is 8.31. The van der Waals surface area contributed by atoms with Crippen LogP contribution in [-0.2, 0) is 0 Å². The molecule has 4 rings (SSSR count). The number of carbonyl (C=O) groups excluding carboxylic acids is 1. The van der Waals surface area contributed by atoms with Gasteiger partial charge in [0, 0.05) is 42.9 Å². The maximum absolute atomic E-state index is 12.3. The molecule has 2 amide bonds. The Kier molecular flexibility index (Phi) is 4.29. The van der Waals surface area contributed by atoms with Gasteiger partial charge in [0.25, 0.3) is 0 Å². The van der Waals surface area contributed by atoms with E-state index in [1.807, 2.05) is 16.3 Å². The molecule has 2 fully saturated rings. The molecule has 1 saturated heterocycles. The van der Waals surface area contributed by atoms with Crippen molar-refractivity contribution < 1.29 is 4.79 Å². The van der Waals surface area contributed by atoms with Gasteiger partial charge in [-0.3, -0.25) is 5.32 Å². The number of nitrogens with one attached hydrogen (secondary N) is 1. The number of urea groups is 1. The van der Waals surface area contributed by atoms with Crippen molar-refractivity contribution in [3.05, 3.63) is 30.2 Å². The highest BCUT2D eigenvalue weighted by atomic mass is 32.1. The van der Waals surface area contributed by atoms with Crippen LogP contribution in [0.2, 0.25) is 0 Å². The summed E-state index contributed by atoms with van der Waals surface area (Å²) in [6.07, 6.45) is 9.50. The molecule has 1 N–H and O–H groups in total. The van der Waals surface area contributed by atoms with Crippen LogP contribution in [-0.4, -0.2) is 51.1 Å². The van der Waals surface area contributed by atoms with Crippen molar-refractivity contribution in [3.63, 3.8) is 0 Å². The number of aromatic nitrogens is 3. The Morgan fingerprint density at radius 3 is 2.58 bits per heavy atom. The van der Waals surface area contributed by atoms with Gasteiger partial charge >= 0.3 is 6.03 Å². The van der Waals surface area contributed by atoms with E-state index >= 15 is 0 Å². The number of likely N-dealkylation sites (tertiary alicyclic amines) is 1. The van der Waals surface area contributed by atoms with Crippen LogP contribution in [0.5, 0.6) is 0 Å². The minimum Gasteiger partial charge on any atom is -0.350 e. The van der Waals surface area contributed by atoms with Crippen LogP contribution < -0.4 is 10.2 Å². The lowest BCUT2D eigenvalue weighted by Gasteiger charge is -2.39. The Balaban J connectivity index is 1.37. The van der Waals surface area contributed by atoms with Gasteiger partial charge in [0.15, 0.2) is 5.13 Å². The van der Waals surface area contributed by atoms with E-state index < -0.39 is 0 Å². The number of hydrogen-bond acceptors (Lipinski definition) is 6. The predicted octanol–water partition coefficient (Wildman–Crippen LogP) is 2.60. The smallest absolute Gasteiger partial charge is 0.323 e. The van der Waals surface area contributed by atoms with Crippen molar-refractivity contribution in [1.82, 2.24) is 19.9 Å². The van der Waals surface area contributed by atoms with E-state index in [4.69, 9.17) is 0 Å². The van der Waals surface area contributed by atoms with E-state index in [1.54, 1.807) is 18.7 Å². The zero-order chi connectivity index (χ0) is 16.4. The molecule has 8 heteroatoms. The van der Waals surface area contributed by atoms with Gasteiger partial charge in [0.05, 0.1) is 0 Å². The fourth-order valence-corrected chi connectivity index (χ4v) is 3.78. The van der Waals surface area contributed by atoms with E-state index in [0.717, 1.165) is 31.7 Å². The maximum atomic E-state index is 12.3. The molecule has 2 aromatic heterocycles. The van der Waals surface area contributed by atoms with Crippen LogP contribution >= 0.6 is 11.3 Å². The maximum Gasteiger partial charge on any atom is 0.323 e. The average molecular weight is 344 g/mol. The Morgan fingerprint density at radius 1 is 1.17 bits per heavy atom. The van der Waals surface area contributed by atoms with Crippen LogP contribution in [0.25, 0.3) is 0 Å². The first-order valence-corrected chi connectivity index (χ1v) is 9.19.